The van der Waals surface area contributed by atoms with Gasteiger partial charge in [-0.15, -0.1) is 11.3 Å². The van der Waals surface area contributed by atoms with Crippen LogP contribution in [-0.2, 0) is 16.6 Å². The minimum Gasteiger partial charge on any atom is -0.348 e. The van der Waals surface area contributed by atoms with Crippen molar-refractivity contribution in [3.63, 3.8) is 0 Å². The van der Waals surface area contributed by atoms with Gasteiger partial charge in [-0.05, 0) is 49.0 Å². The smallest absolute Gasteiger partial charge is 0.252 e. The summed E-state index contributed by atoms with van der Waals surface area (Å²) in [5.41, 5.74) is 2.70. The van der Waals surface area contributed by atoms with Gasteiger partial charge in [0.1, 0.15) is 0 Å². The number of aromatic nitrogens is 1. The van der Waals surface area contributed by atoms with E-state index in [9.17, 15) is 13.2 Å². The first-order valence-electron chi connectivity index (χ1n) is 9.33. The van der Waals surface area contributed by atoms with Crippen molar-refractivity contribution >= 4 is 49.8 Å². The van der Waals surface area contributed by atoms with E-state index in [2.05, 4.69) is 15.0 Å². The van der Waals surface area contributed by atoms with E-state index in [1.807, 2.05) is 30.3 Å². The fraction of sp³-hybridized carbons (Fsp3) is 0.0909. The van der Waals surface area contributed by atoms with Gasteiger partial charge in [-0.3, -0.25) is 4.79 Å². The van der Waals surface area contributed by atoms with E-state index in [0.29, 0.717) is 15.6 Å². The Morgan fingerprint density at radius 1 is 1.06 bits per heavy atom. The van der Waals surface area contributed by atoms with Crippen LogP contribution in [0.15, 0.2) is 71.6 Å². The van der Waals surface area contributed by atoms with E-state index < -0.39 is 10.0 Å². The molecule has 2 heterocycles. The Morgan fingerprint density at radius 3 is 2.48 bits per heavy atom. The van der Waals surface area contributed by atoms with Gasteiger partial charge in [0.05, 0.1) is 30.9 Å². The number of benzene rings is 2. The number of pyridine rings is 1. The number of nitrogens with zero attached hydrogens (tertiary/aromatic N) is 1. The van der Waals surface area contributed by atoms with Gasteiger partial charge in [0.2, 0.25) is 10.0 Å². The van der Waals surface area contributed by atoms with Crippen molar-refractivity contribution in [1.29, 1.82) is 0 Å². The van der Waals surface area contributed by atoms with Crippen LogP contribution in [0, 0.1) is 0 Å². The maximum Gasteiger partial charge on any atom is 0.252 e. The number of para-hydroxylation sites is 1. The predicted molar refractivity (Wildman–Crippen MR) is 124 cm³/mol. The van der Waals surface area contributed by atoms with Gasteiger partial charge in [0, 0.05) is 11.9 Å². The molecule has 0 atom stereocenters. The summed E-state index contributed by atoms with van der Waals surface area (Å²) in [6.45, 7) is 0.259. The fourth-order valence-electron chi connectivity index (χ4n) is 3.12. The van der Waals surface area contributed by atoms with Crippen LogP contribution >= 0.6 is 22.9 Å². The number of carbonyl (C=O) groups excluding carboxylic acids is 1. The van der Waals surface area contributed by atoms with Crippen molar-refractivity contribution in [3.8, 4) is 10.6 Å². The number of amides is 1. The number of halogens is 1. The average molecular weight is 472 g/mol. The summed E-state index contributed by atoms with van der Waals surface area (Å²) < 4.78 is 26.6. The second kappa shape index (κ2) is 8.76. The summed E-state index contributed by atoms with van der Waals surface area (Å²) in [6.07, 6.45) is 0. The highest BCUT2D eigenvalue weighted by molar-refractivity contribution is 7.89. The van der Waals surface area contributed by atoms with Gasteiger partial charge in [0.15, 0.2) is 0 Å². The summed E-state index contributed by atoms with van der Waals surface area (Å²) in [5, 5.41) is 3.66. The lowest BCUT2D eigenvalue weighted by molar-refractivity contribution is 0.0952. The van der Waals surface area contributed by atoms with E-state index in [0.717, 1.165) is 21.3 Å². The van der Waals surface area contributed by atoms with Crippen LogP contribution in [0.1, 0.15) is 15.9 Å². The molecule has 0 bridgehead atoms. The maximum atomic E-state index is 13.0. The predicted octanol–water partition coefficient (Wildman–Crippen LogP) is 4.45. The lowest BCUT2D eigenvalue weighted by Gasteiger charge is -2.10. The van der Waals surface area contributed by atoms with Gasteiger partial charge in [-0.25, -0.2) is 18.1 Å². The SMILES string of the molecule is CNS(=O)(=O)c1ccc(CNC(=O)c2cc(-c3ccc(Cl)s3)nc3ccccc23)cc1. The van der Waals surface area contributed by atoms with Crippen molar-refractivity contribution in [2.75, 3.05) is 7.05 Å². The van der Waals surface area contributed by atoms with Crippen LogP contribution < -0.4 is 10.0 Å². The van der Waals surface area contributed by atoms with E-state index >= 15 is 0 Å². The molecule has 4 rings (SSSR count). The van der Waals surface area contributed by atoms with Crippen molar-refractivity contribution in [2.45, 2.75) is 11.4 Å². The molecule has 0 aliphatic carbocycles. The highest BCUT2D eigenvalue weighted by Gasteiger charge is 2.15. The fourth-order valence-corrected chi connectivity index (χ4v) is 4.86. The highest BCUT2D eigenvalue weighted by Crippen LogP contribution is 2.32. The van der Waals surface area contributed by atoms with Crippen LogP contribution in [0.25, 0.3) is 21.5 Å². The molecule has 0 spiro atoms. The van der Waals surface area contributed by atoms with Crippen molar-refractivity contribution in [3.05, 3.63) is 82.2 Å². The first kappa shape index (κ1) is 21.5. The zero-order valence-corrected chi connectivity index (χ0v) is 18.8. The van der Waals surface area contributed by atoms with E-state index in [-0.39, 0.29) is 17.3 Å². The van der Waals surface area contributed by atoms with E-state index in [1.54, 1.807) is 24.3 Å². The number of nitrogens with one attached hydrogen (secondary N) is 2. The summed E-state index contributed by atoms with van der Waals surface area (Å²) in [4.78, 5) is 18.7. The number of hydrogen-bond donors (Lipinski definition) is 2. The molecular weight excluding hydrogens is 454 g/mol. The van der Waals surface area contributed by atoms with E-state index in [1.165, 1.54) is 30.5 Å². The Labute approximate surface area is 189 Å². The minimum atomic E-state index is -3.50. The van der Waals surface area contributed by atoms with Gasteiger partial charge < -0.3 is 5.32 Å². The molecule has 0 saturated carbocycles. The Morgan fingerprint density at radius 2 is 1.81 bits per heavy atom. The van der Waals surface area contributed by atoms with Gasteiger partial charge in [-0.1, -0.05) is 41.9 Å². The number of sulfonamides is 1. The van der Waals surface area contributed by atoms with Crippen LogP contribution in [0.5, 0.6) is 0 Å². The van der Waals surface area contributed by atoms with Crippen molar-refractivity contribution < 1.29 is 13.2 Å². The van der Waals surface area contributed by atoms with Gasteiger partial charge in [0.25, 0.3) is 5.91 Å². The zero-order chi connectivity index (χ0) is 22.0. The van der Waals surface area contributed by atoms with Crippen LogP contribution in [0.2, 0.25) is 4.34 Å². The van der Waals surface area contributed by atoms with Gasteiger partial charge in [-0.2, -0.15) is 0 Å². The number of hydrogen-bond acceptors (Lipinski definition) is 5. The summed E-state index contributed by atoms with van der Waals surface area (Å²) in [7, 11) is -2.13. The molecule has 1 amide bonds. The molecule has 2 N–H and O–H groups in total. The van der Waals surface area contributed by atoms with Crippen LogP contribution in [-0.4, -0.2) is 26.4 Å². The molecule has 2 aromatic heterocycles. The molecule has 0 radical (unpaired) electrons. The monoisotopic (exact) mass is 471 g/mol. The third-order valence-corrected chi connectivity index (χ3v) is 7.43. The molecule has 2 aromatic carbocycles. The molecule has 158 valence electrons. The maximum absolute atomic E-state index is 13.0. The molecule has 0 unspecified atom stereocenters. The Hall–Kier alpha value is -2.78. The quantitative estimate of drug-likeness (QED) is 0.434. The first-order valence-corrected chi connectivity index (χ1v) is 12.0. The lowest BCUT2D eigenvalue weighted by Crippen LogP contribution is -2.23. The number of thiophene rings is 1. The standard InChI is InChI=1S/C22H18ClN3O3S2/c1-24-31(28,29)15-8-6-14(7-9-15)13-25-22(27)17-12-19(20-10-11-21(23)30-20)26-18-5-3-2-4-16(17)18/h2-12,24H,13H2,1H3,(H,25,27). The lowest BCUT2D eigenvalue weighted by atomic mass is 10.1. The minimum absolute atomic E-state index is 0.171. The number of carbonyl (C=O) groups is 1. The summed E-state index contributed by atoms with van der Waals surface area (Å²) >= 11 is 7.47. The third-order valence-electron chi connectivity index (χ3n) is 4.74. The van der Waals surface area contributed by atoms with Crippen molar-refractivity contribution in [1.82, 2.24) is 15.0 Å². The molecule has 0 saturated heterocycles. The molecule has 0 aliphatic heterocycles. The highest BCUT2D eigenvalue weighted by atomic mass is 35.5. The molecule has 9 heteroatoms. The largest absolute Gasteiger partial charge is 0.348 e. The molecule has 31 heavy (non-hydrogen) atoms. The topological polar surface area (TPSA) is 88.2 Å². The third kappa shape index (κ3) is 4.62. The number of fused-ring (bicyclic) bond motifs is 1. The summed E-state index contributed by atoms with van der Waals surface area (Å²) in [5.74, 6) is -0.241. The molecule has 4 aromatic rings. The first-order chi connectivity index (χ1) is 14.9. The molecular formula is C22H18ClN3O3S2. The van der Waals surface area contributed by atoms with Gasteiger partial charge >= 0.3 is 0 Å². The van der Waals surface area contributed by atoms with Crippen LogP contribution in [0.4, 0.5) is 0 Å². The Bertz CT molecular complexity index is 1370. The van der Waals surface area contributed by atoms with E-state index in [4.69, 9.17) is 11.6 Å². The van der Waals surface area contributed by atoms with Crippen molar-refractivity contribution in [2.24, 2.45) is 0 Å². The molecule has 0 fully saturated rings. The molecule has 6 nitrogen and oxygen atoms in total. The second-order valence-electron chi connectivity index (χ2n) is 6.71. The zero-order valence-electron chi connectivity index (χ0n) is 16.4. The number of rotatable bonds is 6. The second-order valence-corrected chi connectivity index (χ2v) is 10.3. The summed E-state index contributed by atoms with van der Waals surface area (Å²) in [6, 6.07) is 19.3. The average Bonchev–Trinajstić information content (AvgIpc) is 3.23. The Kier molecular flexibility index (Phi) is 6.06. The molecule has 0 aliphatic rings. The Balaban J connectivity index is 1.60. The normalized spacial score (nSPS) is 11.5. The van der Waals surface area contributed by atoms with Crippen LogP contribution in [0.3, 0.4) is 0 Å².